The highest BCUT2D eigenvalue weighted by atomic mass is 35.5. The molecule has 1 unspecified atom stereocenters. The molecule has 1 aliphatic rings. The Bertz CT molecular complexity index is 1630. The van der Waals surface area contributed by atoms with Gasteiger partial charge in [-0.15, -0.1) is 0 Å². The highest BCUT2D eigenvalue weighted by Gasteiger charge is 2.44. The molecule has 198 valence electrons. The first kappa shape index (κ1) is 26.3. The molecule has 7 nitrogen and oxygen atoms in total. The van der Waals surface area contributed by atoms with Crippen LogP contribution in [0.3, 0.4) is 0 Å². The van der Waals surface area contributed by atoms with Gasteiger partial charge in [0.05, 0.1) is 23.3 Å². The molecule has 5 rings (SSSR count). The van der Waals surface area contributed by atoms with Crippen LogP contribution in [-0.2, 0) is 16.1 Å². The number of hydrogen-bond acceptors (Lipinski definition) is 6. The Morgan fingerprint density at radius 3 is 2.49 bits per heavy atom. The standard InChI is InChI=1S/C31H26ClNO6/c1-17(2)38-31(37)20-9-7-19(8-10-20)16-33-27(21-6-4-5-18(3)13-21)26(29(35)30(33)36)28(34)25-15-22-14-23(32)11-12-24(22)39-25/h4-15,17,27,35H,16H2,1-3H3. The molecule has 0 spiro atoms. The normalized spacial score (nSPS) is 15.5. The van der Waals surface area contributed by atoms with Gasteiger partial charge < -0.3 is 19.2 Å². The van der Waals surface area contributed by atoms with Crippen molar-refractivity contribution in [1.82, 2.24) is 4.90 Å². The molecule has 0 bridgehead atoms. The Morgan fingerprint density at radius 2 is 1.79 bits per heavy atom. The number of Topliss-reactive ketones (excluding diaryl/α,β-unsaturated/α-hetero) is 1. The van der Waals surface area contributed by atoms with Crippen molar-refractivity contribution in [2.45, 2.75) is 39.5 Å². The Morgan fingerprint density at radius 1 is 1.05 bits per heavy atom. The summed E-state index contributed by atoms with van der Waals surface area (Å²) in [7, 11) is 0. The number of carbonyl (C=O) groups excluding carboxylic acids is 3. The number of esters is 1. The lowest BCUT2D eigenvalue weighted by Crippen LogP contribution is -2.30. The fraction of sp³-hybridized carbons (Fsp3) is 0.194. The number of halogens is 1. The number of amides is 1. The van der Waals surface area contributed by atoms with E-state index in [1.807, 2.05) is 31.2 Å². The number of rotatable bonds is 7. The fourth-order valence-corrected chi connectivity index (χ4v) is 4.90. The highest BCUT2D eigenvalue weighted by molar-refractivity contribution is 6.31. The Balaban J connectivity index is 1.51. The zero-order valence-electron chi connectivity index (χ0n) is 21.6. The van der Waals surface area contributed by atoms with Gasteiger partial charge in [-0.2, -0.15) is 0 Å². The molecule has 4 aromatic rings. The number of carbonyl (C=O) groups is 3. The molecule has 3 aromatic carbocycles. The summed E-state index contributed by atoms with van der Waals surface area (Å²) in [5.74, 6) is -2.33. The van der Waals surface area contributed by atoms with Crippen LogP contribution in [0, 0.1) is 6.92 Å². The molecule has 0 saturated carbocycles. The second-order valence-electron chi connectivity index (χ2n) is 9.78. The molecule has 0 fully saturated rings. The van der Waals surface area contributed by atoms with E-state index in [0.29, 0.717) is 32.7 Å². The highest BCUT2D eigenvalue weighted by Crippen LogP contribution is 2.41. The summed E-state index contributed by atoms with van der Waals surface area (Å²) in [6.45, 7) is 5.55. The van der Waals surface area contributed by atoms with Gasteiger partial charge in [0, 0.05) is 17.0 Å². The van der Waals surface area contributed by atoms with Crippen molar-refractivity contribution >= 4 is 40.2 Å². The van der Waals surface area contributed by atoms with E-state index in [4.69, 9.17) is 20.8 Å². The summed E-state index contributed by atoms with van der Waals surface area (Å²) in [5.41, 5.74) is 3.11. The van der Waals surface area contributed by atoms with Crippen LogP contribution in [0.15, 0.2) is 88.5 Å². The smallest absolute Gasteiger partial charge is 0.338 e. The number of furan rings is 1. The van der Waals surface area contributed by atoms with Crippen LogP contribution in [0.25, 0.3) is 11.0 Å². The predicted octanol–water partition coefficient (Wildman–Crippen LogP) is 6.74. The maximum absolute atomic E-state index is 13.8. The third-order valence-corrected chi connectivity index (χ3v) is 6.73. The van der Waals surface area contributed by atoms with Gasteiger partial charge in [0.2, 0.25) is 5.78 Å². The van der Waals surface area contributed by atoms with E-state index in [1.165, 1.54) is 4.90 Å². The molecular weight excluding hydrogens is 518 g/mol. The van der Waals surface area contributed by atoms with Crippen molar-refractivity contribution in [3.8, 4) is 0 Å². The lowest BCUT2D eigenvalue weighted by Gasteiger charge is -2.27. The molecule has 1 atom stereocenters. The fourth-order valence-electron chi connectivity index (χ4n) is 4.72. The minimum absolute atomic E-state index is 0.00543. The summed E-state index contributed by atoms with van der Waals surface area (Å²) in [6.07, 6.45) is -0.247. The summed E-state index contributed by atoms with van der Waals surface area (Å²) in [5, 5.41) is 12.1. The van der Waals surface area contributed by atoms with Gasteiger partial charge in [-0.25, -0.2) is 4.79 Å². The van der Waals surface area contributed by atoms with Crippen molar-refractivity contribution < 1.29 is 28.6 Å². The molecule has 39 heavy (non-hydrogen) atoms. The zero-order chi connectivity index (χ0) is 27.8. The van der Waals surface area contributed by atoms with Crippen LogP contribution in [0.1, 0.15) is 57.5 Å². The molecule has 1 aromatic heterocycles. The molecule has 8 heteroatoms. The maximum Gasteiger partial charge on any atom is 0.338 e. The number of hydrogen-bond donors (Lipinski definition) is 1. The number of aliphatic hydroxyl groups excluding tert-OH is 1. The number of aryl methyl sites for hydroxylation is 1. The van der Waals surface area contributed by atoms with Crippen LogP contribution >= 0.6 is 11.6 Å². The van der Waals surface area contributed by atoms with Gasteiger partial charge in [-0.3, -0.25) is 9.59 Å². The predicted molar refractivity (Wildman–Crippen MR) is 147 cm³/mol. The van der Waals surface area contributed by atoms with E-state index in [1.54, 1.807) is 62.4 Å². The maximum atomic E-state index is 13.8. The number of aliphatic hydroxyl groups is 1. The summed E-state index contributed by atoms with van der Waals surface area (Å²) >= 11 is 6.09. The van der Waals surface area contributed by atoms with E-state index in [0.717, 1.165) is 5.56 Å². The molecule has 2 heterocycles. The van der Waals surface area contributed by atoms with Crippen molar-refractivity contribution in [2.24, 2.45) is 0 Å². The lowest BCUT2D eigenvalue weighted by molar-refractivity contribution is -0.130. The van der Waals surface area contributed by atoms with Crippen molar-refractivity contribution in [3.05, 3.63) is 117 Å². The minimum atomic E-state index is -0.854. The SMILES string of the molecule is Cc1cccc(C2C(C(=O)c3cc4cc(Cl)ccc4o3)=C(O)C(=O)N2Cc2ccc(C(=O)OC(C)C)cc2)c1. The first-order valence-corrected chi connectivity index (χ1v) is 12.8. The van der Waals surface area contributed by atoms with Crippen LogP contribution in [0.2, 0.25) is 5.02 Å². The Labute approximate surface area is 230 Å². The van der Waals surface area contributed by atoms with Crippen LogP contribution in [-0.4, -0.2) is 33.8 Å². The van der Waals surface area contributed by atoms with Crippen molar-refractivity contribution in [3.63, 3.8) is 0 Å². The van der Waals surface area contributed by atoms with Gasteiger partial charge in [-0.05, 0) is 68.3 Å². The third kappa shape index (κ3) is 5.18. The first-order chi connectivity index (χ1) is 18.6. The van der Waals surface area contributed by atoms with E-state index in [2.05, 4.69) is 0 Å². The molecule has 1 N–H and O–H groups in total. The summed E-state index contributed by atoms with van der Waals surface area (Å²) < 4.78 is 11.0. The van der Waals surface area contributed by atoms with Gasteiger partial charge in [0.1, 0.15) is 5.58 Å². The second-order valence-corrected chi connectivity index (χ2v) is 10.2. The van der Waals surface area contributed by atoms with Crippen LogP contribution in [0.5, 0.6) is 0 Å². The number of ether oxygens (including phenoxy) is 1. The minimum Gasteiger partial charge on any atom is -0.503 e. The average Bonchev–Trinajstić information content (AvgIpc) is 3.42. The molecule has 1 amide bonds. The molecule has 0 saturated heterocycles. The Kier molecular flexibility index (Phi) is 7.02. The van der Waals surface area contributed by atoms with Crippen LogP contribution < -0.4 is 0 Å². The van der Waals surface area contributed by atoms with Gasteiger partial charge in [-0.1, -0.05) is 53.6 Å². The molecule has 1 aliphatic heterocycles. The van der Waals surface area contributed by atoms with Gasteiger partial charge in [0.25, 0.3) is 5.91 Å². The van der Waals surface area contributed by atoms with E-state index < -0.39 is 29.5 Å². The van der Waals surface area contributed by atoms with E-state index in [9.17, 15) is 19.5 Å². The largest absolute Gasteiger partial charge is 0.503 e. The second kappa shape index (κ2) is 10.4. The number of fused-ring (bicyclic) bond motifs is 1. The van der Waals surface area contributed by atoms with Crippen molar-refractivity contribution in [2.75, 3.05) is 0 Å². The topological polar surface area (TPSA) is 97.0 Å². The number of ketones is 1. The quantitative estimate of drug-likeness (QED) is 0.205. The Hall–Kier alpha value is -4.36. The lowest BCUT2D eigenvalue weighted by atomic mass is 9.94. The monoisotopic (exact) mass is 543 g/mol. The number of benzene rings is 3. The molecular formula is C31H26ClNO6. The van der Waals surface area contributed by atoms with Gasteiger partial charge >= 0.3 is 5.97 Å². The van der Waals surface area contributed by atoms with Gasteiger partial charge in [0.15, 0.2) is 11.5 Å². The summed E-state index contributed by atoms with van der Waals surface area (Å²) in [6, 6.07) is 19.8. The summed E-state index contributed by atoms with van der Waals surface area (Å²) in [4.78, 5) is 40.8. The zero-order valence-corrected chi connectivity index (χ0v) is 22.4. The molecule has 0 aliphatic carbocycles. The molecule has 0 radical (unpaired) electrons. The van der Waals surface area contributed by atoms with Crippen molar-refractivity contribution in [1.29, 1.82) is 0 Å². The van der Waals surface area contributed by atoms with Crippen LogP contribution in [0.4, 0.5) is 0 Å². The van der Waals surface area contributed by atoms with E-state index >= 15 is 0 Å². The van der Waals surface area contributed by atoms with E-state index in [-0.39, 0.29) is 24.0 Å². The number of nitrogens with zero attached hydrogens (tertiary/aromatic N) is 1. The average molecular weight is 544 g/mol. The third-order valence-electron chi connectivity index (χ3n) is 6.49. The first-order valence-electron chi connectivity index (χ1n) is 12.5.